The Morgan fingerprint density at radius 1 is 1.40 bits per heavy atom. The lowest BCUT2D eigenvalue weighted by atomic mass is 9.94. The quantitative estimate of drug-likeness (QED) is 0.595. The molecule has 3 nitrogen and oxygen atoms in total. The average molecular weight is 205 g/mol. The summed E-state index contributed by atoms with van der Waals surface area (Å²) in [5.41, 5.74) is 0.887. The number of nitrogens with zero attached hydrogens (tertiary/aromatic N) is 2. The van der Waals surface area contributed by atoms with Crippen molar-refractivity contribution >= 4 is 5.84 Å². The van der Waals surface area contributed by atoms with E-state index < -0.39 is 0 Å². The molecule has 0 atom stereocenters. The number of nitrogens with one attached hydrogen (secondary N) is 1. The molecular formula is C12H19N3. The first-order chi connectivity index (χ1) is 6.91. The van der Waals surface area contributed by atoms with Crippen molar-refractivity contribution in [1.82, 2.24) is 9.88 Å². The molecule has 0 radical (unpaired) electrons. The van der Waals surface area contributed by atoms with Gasteiger partial charge in [-0.15, -0.1) is 0 Å². The Morgan fingerprint density at radius 3 is 2.53 bits per heavy atom. The fourth-order valence-corrected chi connectivity index (χ4v) is 1.39. The van der Waals surface area contributed by atoms with Crippen molar-refractivity contribution in [2.24, 2.45) is 5.41 Å². The summed E-state index contributed by atoms with van der Waals surface area (Å²) in [6.07, 6.45) is 1.78. The van der Waals surface area contributed by atoms with Crippen LogP contribution in [0.25, 0.3) is 0 Å². The third-order valence-corrected chi connectivity index (χ3v) is 2.22. The van der Waals surface area contributed by atoms with Crippen molar-refractivity contribution in [2.45, 2.75) is 27.3 Å². The number of hydrogen-bond acceptors (Lipinski definition) is 2. The van der Waals surface area contributed by atoms with Crippen LogP contribution in [-0.2, 0) is 6.54 Å². The lowest BCUT2D eigenvalue weighted by molar-refractivity contribution is 0.413. The molecule has 3 heteroatoms. The van der Waals surface area contributed by atoms with Gasteiger partial charge in [-0.05, 0) is 12.1 Å². The number of pyridine rings is 1. The topological polar surface area (TPSA) is 40.0 Å². The number of hydrogen-bond donors (Lipinski definition) is 1. The normalized spacial score (nSPS) is 11.2. The van der Waals surface area contributed by atoms with Gasteiger partial charge >= 0.3 is 0 Å². The summed E-state index contributed by atoms with van der Waals surface area (Å²) in [5, 5.41) is 7.99. The zero-order chi connectivity index (χ0) is 11.5. The maximum absolute atomic E-state index is 7.99. The summed E-state index contributed by atoms with van der Waals surface area (Å²) in [6.45, 7) is 6.83. The molecule has 82 valence electrons. The lowest BCUT2D eigenvalue weighted by Gasteiger charge is -2.29. The minimum absolute atomic E-state index is 0.108. The Balaban J connectivity index is 2.65. The maximum atomic E-state index is 7.99. The highest BCUT2D eigenvalue weighted by molar-refractivity contribution is 5.83. The van der Waals surface area contributed by atoms with Gasteiger partial charge in [-0.25, -0.2) is 0 Å². The second-order valence-electron chi connectivity index (χ2n) is 4.78. The van der Waals surface area contributed by atoms with Crippen LogP contribution in [0.2, 0.25) is 0 Å². The van der Waals surface area contributed by atoms with Crippen LogP contribution in [0.3, 0.4) is 0 Å². The molecule has 0 amide bonds. The molecule has 0 aromatic carbocycles. The van der Waals surface area contributed by atoms with Gasteiger partial charge in [-0.3, -0.25) is 10.4 Å². The summed E-state index contributed by atoms with van der Waals surface area (Å²) in [7, 11) is 1.93. The van der Waals surface area contributed by atoms with E-state index in [1.54, 1.807) is 6.20 Å². The van der Waals surface area contributed by atoms with E-state index in [0.717, 1.165) is 5.69 Å². The maximum Gasteiger partial charge on any atom is 0.101 e. The van der Waals surface area contributed by atoms with Gasteiger partial charge in [0, 0.05) is 18.7 Å². The summed E-state index contributed by atoms with van der Waals surface area (Å²) < 4.78 is 0. The van der Waals surface area contributed by atoms with E-state index in [1.807, 2.05) is 50.9 Å². The summed E-state index contributed by atoms with van der Waals surface area (Å²) in [4.78, 5) is 6.18. The van der Waals surface area contributed by atoms with Crippen molar-refractivity contribution in [3.63, 3.8) is 0 Å². The first-order valence-electron chi connectivity index (χ1n) is 5.11. The lowest BCUT2D eigenvalue weighted by Crippen LogP contribution is -2.35. The highest BCUT2D eigenvalue weighted by atomic mass is 15.2. The molecule has 0 unspecified atom stereocenters. The van der Waals surface area contributed by atoms with Crippen molar-refractivity contribution in [2.75, 3.05) is 7.05 Å². The predicted molar refractivity (Wildman–Crippen MR) is 62.9 cm³/mol. The zero-order valence-corrected chi connectivity index (χ0v) is 9.91. The predicted octanol–water partition coefficient (Wildman–Crippen LogP) is 2.54. The SMILES string of the molecule is CN(Cc1ccccn1)C(=N)C(C)(C)C. The standard InChI is InChI=1S/C12H19N3/c1-12(2,3)11(13)15(4)9-10-7-5-6-8-14-10/h5-8,13H,9H2,1-4H3. The Labute approximate surface area is 91.7 Å². The molecule has 1 N–H and O–H groups in total. The van der Waals surface area contributed by atoms with E-state index in [2.05, 4.69) is 4.98 Å². The second-order valence-corrected chi connectivity index (χ2v) is 4.78. The van der Waals surface area contributed by atoms with Crippen molar-refractivity contribution in [1.29, 1.82) is 5.41 Å². The minimum Gasteiger partial charge on any atom is -0.357 e. The molecule has 0 saturated heterocycles. The summed E-state index contributed by atoms with van der Waals surface area (Å²) >= 11 is 0. The van der Waals surface area contributed by atoms with Crippen molar-refractivity contribution in [3.05, 3.63) is 30.1 Å². The largest absolute Gasteiger partial charge is 0.357 e. The molecule has 1 heterocycles. The Morgan fingerprint density at radius 2 is 2.07 bits per heavy atom. The molecule has 1 rings (SSSR count). The summed E-state index contributed by atoms with van der Waals surface area (Å²) in [6, 6.07) is 5.85. The molecule has 1 aromatic heterocycles. The Kier molecular flexibility index (Phi) is 3.45. The van der Waals surface area contributed by atoms with E-state index >= 15 is 0 Å². The van der Waals surface area contributed by atoms with Crippen LogP contribution in [-0.4, -0.2) is 22.8 Å². The highest BCUT2D eigenvalue weighted by Crippen LogP contribution is 2.17. The van der Waals surface area contributed by atoms with Crippen LogP contribution in [0.15, 0.2) is 24.4 Å². The van der Waals surface area contributed by atoms with Gasteiger partial charge in [-0.1, -0.05) is 26.8 Å². The van der Waals surface area contributed by atoms with Crippen LogP contribution in [0.5, 0.6) is 0 Å². The van der Waals surface area contributed by atoms with Gasteiger partial charge < -0.3 is 4.90 Å². The van der Waals surface area contributed by atoms with Crippen molar-refractivity contribution < 1.29 is 0 Å². The van der Waals surface area contributed by atoms with Crippen molar-refractivity contribution in [3.8, 4) is 0 Å². The van der Waals surface area contributed by atoms with E-state index in [4.69, 9.17) is 5.41 Å². The van der Waals surface area contributed by atoms with Crippen LogP contribution in [0, 0.1) is 10.8 Å². The molecule has 15 heavy (non-hydrogen) atoms. The molecule has 0 saturated carbocycles. The molecule has 0 spiro atoms. The van der Waals surface area contributed by atoms with E-state index in [0.29, 0.717) is 12.4 Å². The fourth-order valence-electron chi connectivity index (χ4n) is 1.39. The van der Waals surface area contributed by atoms with E-state index in [-0.39, 0.29) is 5.41 Å². The Bertz CT molecular complexity index is 324. The molecule has 0 bridgehead atoms. The van der Waals surface area contributed by atoms with Crippen LogP contribution in [0.1, 0.15) is 26.5 Å². The first kappa shape index (κ1) is 11.7. The van der Waals surface area contributed by atoms with Gasteiger partial charge in [0.25, 0.3) is 0 Å². The second kappa shape index (κ2) is 4.43. The molecule has 0 aliphatic rings. The Hall–Kier alpha value is -1.38. The number of rotatable bonds is 2. The average Bonchev–Trinajstić information content (AvgIpc) is 2.16. The van der Waals surface area contributed by atoms with Gasteiger partial charge in [0.2, 0.25) is 0 Å². The monoisotopic (exact) mass is 205 g/mol. The molecule has 1 aromatic rings. The van der Waals surface area contributed by atoms with Crippen LogP contribution >= 0.6 is 0 Å². The van der Waals surface area contributed by atoms with Gasteiger partial charge in [0.05, 0.1) is 12.2 Å². The zero-order valence-electron chi connectivity index (χ0n) is 9.91. The molecule has 0 aliphatic carbocycles. The third-order valence-electron chi connectivity index (χ3n) is 2.22. The smallest absolute Gasteiger partial charge is 0.101 e. The first-order valence-corrected chi connectivity index (χ1v) is 5.11. The van der Waals surface area contributed by atoms with Gasteiger partial charge in [0.15, 0.2) is 0 Å². The van der Waals surface area contributed by atoms with Gasteiger partial charge in [-0.2, -0.15) is 0 Å². The molecule has 0 fully saturated rings. The van der Waals surface area contributed by atoms with E-state index in [1.165, 1.54) is 0 Å². The van der Waals surface area contributed by atoms with Crippen LogP contribution < -0.4 is 0 Å². The fraction of sp³-hybridized carbons (Fsp3) is 0.500. The molecule has 0 aliphatic heterocycles. The number of aromatic nitrogens is 1. The summed E-state index contributed by atoms with van der Waals surface area (Å²) in [5.74, 6) is 0.633. The highest BCUT2D eigenvalue weighted by Gasteiger charge is 2.20. The number of amidine groups is 1. The minimum atomic E-state index is -0.108. The van der Waals surface area contributed by atoms with Gasteiger partial charge in [0.1, 0.15) is 5.84 Å². The third kappa shape index (κ3) is 3.35. The molecular weight excluding hydrogens is 186 g/mol. The van der Waals surface area contributed by atoms with Crippen LogP contribution in [0.4, 0.5) is 0 Å². The van der Waals surface area contributed by atoms with E-state index in [9.17, 15) is 0 Å².